The maximum atomic E-state index is 4.96. The third-order valence-electron chi connectivity index (χ3n) is 9.27. The number of para-hydroxylation sites is 1. The molecule has 0 saturated heterocycles. The predicted molar refractivity (Wildman–Crippen MR) is 200 cm³/mol. The molecule has 0 N–H and O–H groups in total. The Kier molecular flexibility index (Phi) is 6.50. The van der Waals surface area contributed by atoms with Gasteiger partial charge in [0.15, 0.2) is 0 Å². The van der Waals surface area contributed by atoms with Gasteiger partial charge >= 0.3 is 0 Å². The number of pyridine rings is 1. The van der Waals surface area contributed by atoms with Crippen LogP contribution in [0, 0.1) is 0 Å². The highest BCUT2D eigenvalue weighted by molar-refractivity contribution is 6.26. The van der Waals surface area contributed by atoms with Gasteiger partial charge in [-0.3, -0.25) is 4.90 Å². The Hall–Kier alpha value is -6.25. The molecule has 9 aromatic rings. The Morgan fingerprint density at radius 1 is 0.383 bits per heavy atom. The number of nitrogens with zero attached hydrogens (tertiary/aromatic N) is 2. The summed E-state index contributed by atoms with van der Waals surface area (Å²) in [6.07, 6.45) is 1.88. The van der Waals surface area contributed by atoms with Crippen LogP contribution in [0.1, 0.15) is 0 Å². The molecule has 0 amide bonds. The zero-order valence-corrected chi connectivity index (χ0v) is 25.7. The lowest BCUT2D eigenvalue weighted by Gasteiger charge is -2.30. The molecule has 0 aliphatic heterocycles. The van der Waals surface area contributed by atoms with E-state index in [0.717, 1.165) is 28.3 Å². The third kappa shape index (κ3) is 4.46. The van der Waals surface area contributed by atoms with Crippen molar-refractivity contribution in [2.75, 3.05) is 4.90 Å². The van der Waals surface area contributed by atoms with Gasteiger partial charge in [0.05, 0.1) is 11.4 Å². The first-order valence-corrected chi connectivity index (χ1v) is 16.1. The Bertz CT molecular complexity index is 2510. The van der Waals surface area contributed by atoms with Crippen LogP contribution < -0.4 is 4.90 Å². The summed E-state index contributed by atoms with van der Waals surface area (Å²) >= 11 is 0. The number of hydrogen-bond acceptors (Lipinski definition) is 2. The van der Waals surface area contributed by atoms with Gasteiger partial charge < -0.3 is 0 Å². The van der Waals surface area contributed by atoms with Crippen molar-refractivity contribution in [3.05, 3.63) is 182 Å². The highest BCUT2D eigenvalue weighted by Gasteiger charge is 2.25. The van der Waals surface area contributed by atoms with Crippen molar-refractivity contribution in [2.24, 2.45) is 0 Å². The molecule has 2 nitrogen and oxygen atoms in total. The van der Waals surface area contributed by atoms with Gasteiger partial charge in [0.2, 0.25) is 0 Å². The number of rotatable bonds is 5. The highest BCUT2D eigenvalue weighted by Crippen LogP contribution is 2.50. The first-order valence-electron chi connectivity index (χ1n) is 16.1. The van der Waals surface area contributed by atoms with Gasteiger partial charge in [-0.25, -0.2) is 4.98 Å². The number of aromatic nitrogens is 1. The van der Waals surface area contributed by atoms with Crippen LogP contribution in [0.5, 0.6) is 0 Å². The zero-order valence-electron chi connectivity index (χ0n) is 25.7. The van der Waals surface area contributed by atoms with Crippen molar-refractivity contribution < 1.29 is 0 Å². The summed E-state index contributed by atoms with van der Waals surface area (Å²) in [4.78, 5) is 7.32. The van der Waals surface area contributed by atoms with E-state index in [1.807, 2.05) is 12.3 Å². The average molecular weight is 599 g/mol. The molecule has 0 aliphatic rings. The molecule has 220 valence electrons. The van der Waals surface area contributed by atoms with Crippen molar-refractivity contribution in [3.63, 3.8) is 0 Å². The quantitative estimate of drug-likeness (QED) is 0.145. The molecule has 0 fully saturated rings. The van der Waals surface area contributed by atoms with Crippen molar-refractivity contribution in [1.29, 1.82) is 0 Å². The molecule has 0 atom stereocenters. The van der Waals surface area contributed by atoms with Crippen LogP contribution in [0.15, 0.2) is 182 Å². The van der Waals surface area contributed by atoms with Crippen LogP contribution >= 0.6 is 0 Å². The van der Waals surface area contributed by atoms with Crippen molar-refractivity contribution >= 4 is 60.3 Å². The van der Waals surface area contributed by atoms with E-state index >= 15 is 0 Å². The Morgan fingerprint density at radius 2 is 0.936 bits per heavy atom. The number of hydrogen-bond donors (Lipinski definition) is 0. The molecule has 0 bridgehead atoms. The first kappa shape index (κ1) is 27.1. The zero-order chi connectivity index (χ0) is 31.2. The molecule has 0 saturated carbocycles. The van der Waals surface area contributed by atoms with Crippen LogP contribution in [-0.2, 0) is 0 Å². The van der Waals surface area contributed by atoms with Gasteiger partial charge in [-0.1, -0.05) is 152 Å². The van der Waals surface area contributed by atoms with Gasteiger partial charge in [-0.15, -0.1) is 0 Å². The van der Waals surface area contributed by atoms with E-state index in [1.54, 1.807) is 0 Å². The standard InChI is InChI=1S/C45H30N2/c1-2-16-31(17-3-1)34-20-12-13-27-42(34)47(43-28-14-15-29-46-43)45-39-25-10-8-23-37(39)44(38-24-9-11-26-40(38)45)41-30-32-18-4-5-19-33(32)35-21-6-7-22-36(35)41/h1-30H. The molecule has 0 radical (unpaired) electrons. The fourth-order valence-electron chi connectivity index (χ4n) is 7.27. The van der Waals surface area contributed by atoms with E-state index in [-0.39, 0.29) is 0 Å². The molecule has 8 aromatic carbocycles. The molecule has 2 heteroatoms. The van der Waals surface area contributed by atoms with Crippen LogP contribution in [-0.4, -0.2) is 4.98 Å². The van der Waals surface area contributed by atoms with Crippen molar-refractivity contribution in [1.82, 2.24) is 4.98 Å². The fourth-order valence-corrected chi connectivity index (χ4v) is 7.27. The summed E-state index contributed by atoms with van der Waals surface area (Å²) in [6, 6.07) is 63.1. The van der Waals surface area contributed by atoms with E-state index in [1.165, 1.54) is 54.2 Å². The molecule has 0 aliphatic carbocycles. The molecule has 47 heavy (non-hydrogen) atoms. The molecular formula is C45H30N2. The summed E-state index contributed by atoms with van der Waals surface area (Å²) in [6.45, 7) is 0. The van der Waals surface area contributed by atoms with Crippen LogP contribution in [0.2, 0.25) is 0 Å². The number of benzene rings is 8. The third-order valence-corrected chi connectivity index (χ3v) is 9.27. The Balaban J connectivity index is 1.43. The van der Waals surface area contributed by atoms with E-state index in [2.05, 4.69) is 175 Å². The fraction of sp³-hybridized carbons (Fsp3) is 0. The summed E-state index contributed by atoms with van der Waals surface area (Å²) in [7, 11) is 0. The Labute approximate surface area is 273 Å². The summed E-state index contributed by atoms with van der Waals surface area (Å²) < 4.78 is 0. The molecule has 1 heterocycles. The van der Waals surface area contributed by atoms with Crippen molar-refractivity contribution in [2.45, 2.75) is 0 Å². The number of anilines is 3. The molecule has 0 unspecified atom stereocenters. The van der Waals surface area contributed by atoms with Crippen molar-refractivity contribution in [3.8, 4) is 22.3 Å². The minimum absolute atomic E-state index is 0.870. The summed E-state index contributed by atoms with van der Waals surface area (Å²) in [5.74, 6) is 0.870. The lowest BCUT2D eigenvalue weighted by molar-refractivity contribution is 1.19. The van der Waals surface area contributed by atoms with Gasteiger partial charge in [0.1, 0.15) is 5.82 Å². The van der Waals surface area contributed by atoms with E-state index in [4.69, 9.17) is 4.98 Å². The largest absolute Gasteiger partial charge is 0.293 e. The van der Waals surface area contributed by atoms with Gasteiger partial charge in [-0.2, -0.15) is 0 Å². The SMILES string of the molecule is c1ccc(-c2ccccc2N(c2ccccn2)c2c3ccccc3c(-c3cc4ccccc4c4ccccc34)c3ccccc23)cc1. The molecular weight excluding hydrogens is 569 g/mol. The Morgan fingerprint density at radius 3 is 1.64 bits per heavy atom. The lowest BCUT2D eigenvalue weighted by atomic mass is 9.86. The molecule has 0 spiro atoms. The monoisotopic (exact) mass is 598 g/mol. The van der Waals surface area contributed by atoms with Gasteiger partial charge in [-0.05, 0) is 73.3 Å². The van der Waals surface area contributed by atoms with Crippen LogP contribution in [0.3, 0.4) is 0 Å². The summed E-state index contributed by atoms with van der Waals surface area (Å²) in [5, 5.41) is 9.80. The second-order valence-electron chi connectivity index (χ2n) is 11.9. The van der Waals surface area contributed by atoms with Gasteiger partial charge in [0.25, 0.3) is 0 Å². The van der Waals surface area contributed by atoms with Crippen LogP contribution in [0.25, 0.3) is 65.3 Å². The average Bonchev–Trinajstić information content (AvgIpc) is 3.15. The maximum Gasteiger partial charge on any atom is 0.137 e. The number of fused-ring (bicyclic) bond motifs is 5. The predicted octanol–water partition coefficient (Wildman–Crippen LogP) is 12.5. The summed E-state index contributed by atoms with van der Waals surface area (Å²) in [5.41, 5.74) is 7.00. The lowest BCUT2D eigenvalue weighted by Crippen LogP contribution is -2.14. The van der Waals surface area contributed by atoms with E-state index in [0.29, 0.717) is 0 Å². The molecule has 1 aromatic heterocycles. The van der Waals surface area contributed by atoms with Gasteiger partial charge in [0, 0.05) is 22.5 Å². The smallest absolute Gasteiger partial charge is 0.137 e. The highest BCUT2D eigenvalue weighted by atomic mass is 15.2. The maximum absolute atomic E-state index is 4.96. The second kappa shape index (κ2) is 11.3. The minimum atomic E-state index is 0.870. The second-order valence-corrected chi connectivity index (χ2v) is 11.9. The minimum Gasteiger partial charge on any atom is -0.293 e. The molecule has 9 rings (SSSR count). The normalized spacial score (nSPS) is 11.4. The first-order chi connectivity index (χ1) is 23.4. The topological polar surface area (TPSA) is 16.1 Å². The van der Waals surface area contributed by atoms with Crippen LogP contribution in [0.4, 0.5) is 17.2 Å². The van der Waals surface area contributed by atoms with E-state index < -0.39 is 0 Å². The van der Waals surface area contributed by atoms with E-state index in [9.17, 15) is 0 Å².